The first-order valence-electron chi connectivity index (χ1n) is 9.07. The van der Waals surface area contributed by atoms with Gasteiger partial charge in [0, 0.05) is 35.1 Å². The molecule has 4 rings (SSSR count). The van der Waals surface area contributed by atoms with Crippen LogP contribution in [-0.2, 0) is 0 Å². The number of carbonyl (C=O) groups is 1. The summed E-state index contributed by atoms with van der Waals surface area (Å²) in [5.41, 5.74) is 4.12. The van der Waals surface area contributed by atoms with Crippen LogP contribution >= 0.6 is 0 Å². The molecule has 0 saturated heterocycles. The van der Waals surface area contributed by atoms with Gasteiger partial charge < -0.3 is 5.32 Å². The number of fused-ring (bicyclic) bond motifs is 1. The summed E-state index contributed by atoms with van der Waals surface area (Å²) in [6, 6.07) is 23.5. The molecule has 2 heterocycles. The molecule has 136 valence electrons. The molecule has 2 aromatic heterocycles. The Morgan fingerprint density at radius 2 is 1.68 bits per heavy atom. The number of carbonyl (C=O) groups excluding carboxylic acids is 1. The first kappa shape index (κ1) is 17.6. The second kappa shape index (κ2) is 7.84. The number of nitrogens with zero attached hydrogens (tertiary/aromatic N) is 2. The number of hydrogen-bond donors (Lipinski definition) is 1. The van der Waals surface area contributed by atoms with Gasteiger partial charge in [-0.05, 0) is 30.7 Å². The van der Waals surface area contributed by atoms with Crippen molar-refractivity contribution in [3.05, 3.63) is 103 Å². The summed E-state index contributed by atoms with van der Waals surface area (Å²) in [6.07, 6.45) is 4.84. The van der Waals surface area contributed by atoms with Crippen molar-refractivity contribution in [1.82, 2.24) is 9.97 Å². The van der Waals surface area contributed by atoms with E-state index in [1.807, 2.05) is 79.7 Å². The van der Waals surface area contributed by atoms with E-state index in [9.17, 15) is 4.79 Å². The molecule has 0 unspecified atom stereocenters. The summed E-state index contributed by atoms with van der Waals surface area (Å²) in [7, 11) is 0. The zero-order valence-electron chi connectivity index (χ0n) is 15.5. The lowest BCUT2D eigenvalue weighted by Crippen LogP contribution is -2.05. The van der Waals surface area contributed by atoms with E-state index < -0.39 is 0 Å². The van der Waals surface area contributed by atoms with Gasteiger partial charge in [-0.2, -0.15) is 0 Å². The van der Waals surface area contributed by atoms with Gasteiger partial charge in [0.1, 0.15) is 5.82 Å². The van der Waals surface area contributed by atoms with E-state index in [0.29, 0.717) is 17.1 Å². The molecule has 0 atom stereocenters. The molecule has 0 fully saturated rings. The van der Waals surface area contributed by atoms with E-state index in [-0.39, 0.29) is 5.78 Å². The topological polar surface area (TPSA) is 54.9 Å². The Bertz CT molecular complexity index is 1150. The van der Waals surface area contributed by atoms with Crippen molar-refractivity contribution in [2.45, 2.75) is 6.92 Å². The van der Waals surface area contributed by atoms with Gasteiger partial charge in [0.05, 0.1) is 11.1 Å². The third-order valence-electron chi connectivity index (χ3n) is 4.51. The van der Waals surface area contributed by atoms with Crippen molar-refractivity contribution in [2.75, 3.05) is 5.32 Å². The van der Waals surface area contributed by atoms with Gasteiger partial charge in [-0.15, -0.1) is 0 Å². The monoisotopic (exact) mass is 365 g/mol. The maximum Gasteiger partial charge on any atom is 0.189 e. The van der Waals surface area contributed by atoms with Gasteiger partial charge >= 0.3 is 0 Å². The Balaban J connectivity index is 1.79. The molecular formula is C24H19N3O. The standard InChI is InChI=1S/C24H19N3O/c1-17-23(21(28)14-16-26-22-13-7-8-15-25-22)24(18-9-3-2-4-10-18)19-11-5-6-12-20(19)27-17/h2-16H,1H3,(H,25,26)/b16-14+. The number of anilines is 1. The molecule has 0 radical (unpaired) electrons. The minimum Gasteiger partial charge on any atom is -0.347 e. The van der Waals surface area contributed by atoms with E-state index in [2.05, 4.69) is 15.3 Å². The van der Waals surface area contributed by atoms with Gasteiger partial charge in [-0.1, -0.05) is 54.6 Å². The fraction of sp³-hybridized carbons (Fsp3) is 0.0417. The number of hydrogen-bond acceptors (Lipinski definition) is 4. The maximum absolute atomic E-state index is 13.1. The first-order valence-corrected chi connectivity index (χ1v) is 9.07. The molecule has 4 nitrogen and oxygen atoms in total. The molecule has 2 aromatic carbocycles. The lowest BCUT2D eigenvalue weighted by atomic mass is 9.92. The number of benzene rings is 2. The van der Waals surface area contributed by atoms with Crippen LogP contribution in [0.15, 0.2) is 91.3 Å². The van der Waals surface area contributed by atoms with Crippen molar-refractivity contribution in [3.63, 3.8) is 0 Å². The Labute approximate surface area is 163 Å². The molecule has 0 aliphatic heterocycles. The van der Waals surface area contributed by atoms with Crippen LogP contribution < -0.4 is 5.32 Å². The van der Waals surface area contributed by atoms with Gasteiger partial charge in [0.2, 0.25) is 0 Å². The first-order chi connectivity index (χ1) is 13.7. The molecule has 28 heavy (non-hydrogen) atoms. The van der Waals surface area contributed by atoms with Crippen LogP contribution in [0, 0.1) is 6.92 Å². The number of para-hydroxylation sites is 1. The molecule has 0 saturated carbocycles. The van der Waals surface area contributed by atoms with Crippen molar-refractivity contribution in [2.24, 2.45) is 0 Å². The van der Waals surface area contributed by atoms with Crippen LogP contribution in [0.3, 0.4) is 0 Å². The van der Waals surface area contributed by atoms with Gasteiger partial charge in [-0.25, -0.2) is 4.98 Å². The average Bonchev–Trinajstić information content (AvgIpc) is 2.74. The second-order valence-electron chi connectivity index (χ2n) is 6.39. The predicted octanol–water partition coefficient (Wildman–Crippen LogP) is 5.41. The smallest absolute Gasteiger partial charge is 0.189 e. The minimum atomic E-state index is -0.0990. The van der Waals surface area contributed by atoms with E-state index in [1.54, 1.807) is 12.4 Å². The van der Waals surface area contributed by atoms with E-state index in [0.717, 1.165) is 22.0 Å². The zero-order valence-corrected chi connectivity index (χ0v) is 15.5. The van der Waals surface area contributed by atoms with Crippen LogP contribution in [0.2, 0.25) is 0 Å². The molecule has 0 aliphatic rings. The summed E-state index contributed by atoms with van der Waals surface area (Å²) in [5.74, 6) is 0.584. The van der Waals surface area contributed by atoms with Crippen LogP contribution in [-0.4, -0.2) is 15.8 Å². The SMILES string of the molecule is Cc1nc2ccccc2c(-c2ccccc2)c1C(=O)/C=C/Nc1ccccn1. The van der Waals surface area contributed by atoms with Crippen molar-refractivity contribution < 1.29 is 4.79 Å². The molecular weight excluding hydrogens is 346 g/mol. The summed E-state index contributed by atoms with van der Waals surface area (Å²) in [6.45, 7) is 1.88. The lowest BCUT2D eigenvalue weighted by molar-refractivity contribution is 0.104. The molecule has 0 spiro atoms. The zero-order chi connectivity index (χ0) is 19.3. The van der Waals surface area contributed by atoms with Crippen molar-refractivity contribution >= 4 is 22.5 Å². The quantitative estimate of drug-likeness (QED) is 0.379. The number of aryl methyl sites for hydroxylation is 1. The fourth-order valence-electron chi connectivity index (χ4n) is 3.28. The molecule has 1 N–H and O–H groups in total. The van der Waals surface area contributed by atoms with Crippen molar-refractivity contribution in [1.29, 1.82) is 0 Å². The predicted molar refractivity (Wildman–Crippen MR) is 113 cm³/mol. The molecule has 0 aliphatic carbocycles. The fourth-order valence-corrected chi connectivity index (χ4v) is 3.28. The van der Waals surface area contributed by atoms with Crippen LogP contribution in [0.25, 0.3) is 22.0 Å². The molecule has 4 heteroatoms. The molecule has 0 amide bonds. The Hall–Kier alpha value is -3.79. The number of ketones is 1. The number of nitrogens with one attached hydrogen (secondary N) is 1. The van der Waals surface area contributed by atoms with Gasteiger partial charge in [-0.3, -0.25) is 9.78 Å². The van der Waals surface area contributed by atoms with Gasteiger partial charge in [0.15, 0.2) is 5.78 Å². The summed E-state index contributed by atoms with van der Waals surface area (Å²) < 4.78 is 0. The van der Waals surface area contributed by atoms with Crippen molar-refractivity contribution in [3.8, 4) is 11.1 Å². The summed E-state index contributed by atoms with van der Waals surface area (Å²) in [4.78, 5) is 22.0. The third kappa shape index (κ3) is 3.53. The molecule has 0 bridgehead atoms. The minimum absolute atomic E-state index is 0.0990. The normalized spacial score (nSPS) is 11.0. The highest BCUT2D eigenvalue weighted by atomic mass is 16.1. The third-order valence-corrected chi connectivity index (χ3v) is 4.51. The van der Waals surface area contributed by atoms with Gasteiger partial charge in [0.25, 0.3) is 0 Å². The average molecular weight is 365 g/mol. The van der Waals surface area contributed by atoms with Crippen LogP contribution in [0.1, 0.15) is 16.1 Å². The Morgan fingerprint density at radius 1 is 0.929 bits per heavy atom. The highest BCUT2D eigenvalue weighted by Gasteiger charge is 2.18. The lowest BCUT2D eigenvalue weighted by Gasteiger charge is -2.14. The maximum atomic E-state index is 13.1. The van der Waals surface area contributed by atoms with E-state index >= 15 is 0 Å². The highest BCUT2D eigenvalue weighted by Crippen LogP contribution is 2.33. The number of rotatable bonds is 5. The Morgan fingerprint density at radius 3 is 2.46 bits per heavy atom. The van der Waals surface area contributed by atoms with Crippen LogP contribution in [0.4, 0.5) is 5.82 Å². The van der Waals surface area contributed by atoms with Crippen LogP contribution in [0.5, 0.6) is 0 Å². The van der Waals surface area contributed by atoms with E-state index in [4.69, 9.17) is 0 Å². The Kier molecular flexibility index (Phi) is 4.93. The largest absolute Gasteiger partial charge is 0.347 e. The molecule has 4 aromatic rings. The highest BCUT2D eigenvalue weighted by molar-refractivity contribution is 6.14. The number of pyridine rings is 2. The second-order valence-corrected chi connectivity index (χ2v) is 6.39. The number of allylic oxidation sites excluding steroid dienone is 1. The summed E-state index contributed by atoms with van der Waals surface area (Å²) >= 11 is 0. The van der Waals surface area contributed by atoms with E-state index in [1.165, 1.54) is 6.08 Å². The summed E-state index contributed by atoms with van der Waals surface area (Å²) in [5, 5.41) is 3.99. The number of aromatic nitrogens is 2.